The summed E-state index contributed by atoms with van der Waals surface area (Å²) in [7, 11) is 0. The van der Waals surface area contributed by atoms with Crippen molar-refractivity contribution in [2.75, 3.05) is 12.3 Å². The molecule has 18 heavy (non-hydrogen) atoms. The van der Waals surface area contributed by atoms with Gasteiger partial charge >= 0.3 is 0 Å². The molecule has 1 aromatic carbocycles. The monoisotopic (exact) mass is 266 g/mol. The van der Waals surface area contributed by atoms with Crippen molar-refractivity contribution in [1.29, 1.82) is 0 Å². The van der Waals surface area contributed by atoms with Gasteiger partial charge in [0.25, 0.3) is 0 Å². The van der Waals surface area contributed by atoms with E-state index in [1.807, 2.05) is 6.07 Å². The number of halogens is 1. The first-order valence-corrected chi connectivity index (χ1v) is 7.44. The molecule has 1 atom stereocenters. The summed E-state index contributed by atoms with van der Waals surface area (Å²) in [6.07, 6.45) is 3.15. The van der Waals surface area contributed by atoms with Crippen LogP contribution in [0.2, 0.25) is 0 Å². The van der Waals surface area contributed by atoms with Crippen LogP contribution in [-0.4, -0.2) is 23.5 Å². The van der Waals surface area contributed by atoms with Crippen molar-refractivity contribution in [3.63, 3.8) is 0 Å². The van der Waals surface area contributed by atoms with E-state index in [0.29, 0.717) is 6.04 Å². The van der Waals surface area contributed by atoms with Crippen LogP contribution in [0.5, 0.6) is 0 Å². The van der Waals surface area contributed by atoms with Gasteiger partial charge < -0.3 is 5.32 Å². The summed E-state index contributed by atoms with van der Waals surface area (Å²) in [5.41, 5.74) is 1.01. The first-order chi connectivity index (χ1) is 8.78. The first-order valence-electron chi connectivity index (χ1n) is 6.46. The van der Waals surface area contributed by atoms with Crippen LogP contribution in [0.4, 0.5) is 4.39 Å². The zero-order chi connectivity index (χ0) is 12.8. The van der Waals surface area contributed by atoms with Gasteiger partial charge in [-0.2, -0.15) is 0 Å². The molecule has 1 aromatic rings. The van der Waals surface area contributed by atoms with Crippen LogP contribution in [0.1, 0.15) is 25.3 Å². The number of thioether (sulfide) groups is 1. The maximum Gasteiger partial charge on any atom is 0.156 e. The van der Waals surface area contributed by atoms with Crippen molar-refractivity contribution in [2.24, 2.45) is 4.99 Å². The molecular weight excluding hydrogens is 247 g/mol. The topological polar surface area (TPSA) is 24.4 Å². The minimum absolute atomic E-state index is 0.170. The highest BCUT2D eigenvalue weighted by Crippen LogP contribution is 2.15. The van der Waals surface area contributed by atoms with Gasteiger partial charge in [-0.15, -0.1) is 0 Å². The predicted octanol–water partition coefficient (Wildman–Crippen LogP) is 3.23. The normalized spacial score (nSPS) is 21.9. The Morgan fingerprint density at radius 2 is 2.39 bits per heavy atom. The lowest BCUT2D eigenvalue weighted by Crippen LogP contribution is -2.37. The van der Waals surface area contributed by atoms with E-state index < -0.39 is 0 Å². The molecule has 2 nitrogen and oxygen atoms in total. The zero-order valence-corrected chi connectivity index (χ0v) is 11.5. The number of hydrogen-bond donors (Lipinski definition) is 1. The highest BCUT2D eigenvalue weighted by atomic mass is 32.2. The molecule has 4 heteroatoms. The molecule has 0 saturated carbocycles. The Kier molecular flexibility index (Phi) is 5.05. The summed E-state index contributed by atoms with van der Waals surface area (Å²) in [6.45, 7) is 2.91. The highest BCUT2D eigenvalue weighted by Gasteiger charge is 2.14. The number of nitrogens with zero attached hydrogens (tertiary/aromatic N) is 1. The summed E-state index contributed by atoms with van der Waals surface area (Å²) in [5.74, 6) is 0.973. The lowest BCUT2D eigenvalue weighted by atomic mass is 10.1. The van der Waals surface area contributed by atoms with E-state index in [9.17, 15) is 4.39 Å². The summed E-state index contributed by atoms with van der Waals surface area (Å²) >= 11 is 1.79. The molecule has 0 bridgehead atoms. The van der Waals surface area contributed by atoms with Crippen molar-refractivity contribution >= 4 is 16.9 Å². The molecule has 1 saturated heterocycles. The lowest BCUT2D eigenvalue weighted by molar-refractivity contribution is 0.570. The van der Waals surface area contributed by atoms with Crippen molar-refractivity contribution in [3.8, 4) is 0 Å². The Balaban J connectivity index is 1.83. The fourth-order valence-electron chi connectivity index (χ4n) is 1.96. The molecule has 1 heterocycles. The zero-order valence-electron chi connectivity index (χ0n) is 10.7. The van der Waals surface area contributed by atoms with Gasteiger partial charge in [0.2, 0.25) is 0 Å². The van der Waals surface area contributed by atoms with E-state index in [1.165, 1.54) is 12.5 Å². The largest absolute Gasteiger partial charge is 0.362 e. The second-order valence-corrected chi connectivity index (χ2v) is 5.54. The van der Waals surface area contributed by atoms with Crippen LogP contribution in [0.3, 0.4) is 0 Å². The van der Waals surface area contributed by atoms with Gasteiger partial charge in [0.15, 0.2) is 5.17 Å². The number of benzene rings is 1. The molecule has 2 rings (SSSR count). The van der Waals surface area contributed by atoms with Gasteiger partial charge in [-0.05, 0) is 37.0 Å². The van der Waals surface area contributed by atoms with Gasteiger partial charge in [-0.25, -0.2) is 4.39 Å². The van der Waals surface area contributed by atoms with E-state index in [-0.39, 0.29) is 5.82 Å². The van der Waals surface area contributed by atoms with E-state index >= 15 is 0 Å². The molecule has 1 unspecified atom stereocenters. The summed E-state index contributed by atoms with van der Waals surface area (Å²) in [5, 5.41) is 4.49. The molecule has 1 aliphatic rings. The molecule has 0 spiro atoms. The molecule has 1 aliphatic heterocycles. The number of hydrogen-bond acceptors (Lipinski definition) is 2. The third-order valence-corrected chi connectivity index (χ3v) is 4.03. The Hall–Kier alpha value is -1.03. The van der Waals surface area contributed by atoms with Gasteiger partial charge in [-0.3, -0.25) is 4.99 Å². The Morgan fingerprint density at radius 1 is 1.50 bits per heavy atom. The Morgan fingerprint density at radius 3 is 3.17 bits per heavy atom. The minimum atomic E-state index is -0.170. The van der Waals surface area contributed by atoms with Gasteiger partial charge in [0, 0.05) is 18.3 Å². The molecule has 0 radical (unpaired) electrons. The maximum absolute atomic E-state index is 13.0. The van der Waals surface area contributed by atoms with Gasteiger partial charge in [0.05, 0.1) is 0 Å². The summed E-state index contributed by atoms with van der Waals surface area (Å²) < 4.78 is 13.0. The van der Waals surface area contributed by atoms with Crippen molar-refractivity contribution in [1.82, 2.24) is 5.32 Å². The van der Waals surface area contributed by atoms with Crippen molar-refractivity contribution < 1.29 is 4.39 Å². The lowest BCUT2D eigenvalue weighted by Gasteiger charge is -2.24. The van der Waals surface area contributed by atoms with E-state index in [4.69, 9.17) is 0 Å². The van der Waals surface area contributed by atoms with Crippen LogP contribution >= 0.6 is 11.8 Å². The van der Waals surface area contributed by atoms with Gasteiger partial charge in [-0.1, -0.05) is 30.8 Å². The van der Waals surface area contributed by atoms with E-state index in [2.05, 4.69) is 17.2 Å². The third kappa shape index (κ3) is 4.02. The van der Waals surface area contributed by atoms with Crippen LogP contribution in [-0.2, 0) is 6.42 Å². The molecule has 0 aliphatic carbocycles. The van der Waals surface area contributed by atoms with E-state index in [0.717, 1.165) is 35.9 Å². The number of rotatable bonds is 4. The van der Waals surface area contributed by atoms with Crippen LogP contribution in [0.25, 0.3) is 0 Å². The predicted molar refractivity (Wildman–Crippen MR) is 76.7 cm³/mol. The van der Waals surface area contributed by atoms with Crippen LogP contribution < -0.4 is 5.32 Å². The van der Waals surface area contributed by atoms with Crippen LogP contribution in [0.15, 0.2) is 29.3 Å². The average Bonchev–Trinajstić information content (AvgIpc) is 2.39. The van der Waals surface area contributed by atoms with Crippen LogP contribution in [0, 0.1) is 5.82 Å². The summed E-state index contributed by atoms with van der Waals surface area (Å²) in [4.78, 5) is 4.55. The SMILES string of the molecule is CCC1CCSC(=NCCc2cccc(F)c2)N1. The fourth-order valence-corrected chi connectivity index (χ4v) is 2.99. The number of aliphatic imine (C=N–C) groups is 1. The standard InChI is InChI=1S/C14H19FN2S/c1-2-13-7-9-18-14(17-13)16-8-6-11-4-3-5-12(15)10-11/h3-5,10,13H,2,6-9H2,1H3,(H,16,17). The van der Waals surface area contributed by atoms with Crippen molar-refractivity contribution in [2.45, 2.75) is 32.2 Å². The quantitative estimate of drug-likeness (QED) is 0.905. The molecule has 1 N–H and O–H groups in total. The maximum atomic E-state index is 13.0. The smallest absolute Gasteiger partial charge is 0.156 e. The Labute approximate surface area is 112 Å². The molecule has 98 valence electrons. The van der Waals surface area contributed by atoms with Crippen molar-refractivity contribution in [3.05, 3.63) is 35.6 Å². The molecular formula is C14H19FN2S. The second kappa shape index (κ2) is 6.78. The average molecular weight is 266 g/mol. The second-order valence-electron chi connectivity index (χ2n) is 4.45. The molecule has 0 amide bonds. The number of amidine groups is 1. The van der Waals surface area contributed by atoms with E-state index in [1.54, 1.807) is 23.9 Å². The first kappa shape index (κ1) is 13.4. The summed E-state index contributed by atoms with van der Waals surface area (Å²) in [6, 6.07) is 7.31. The highest BCUT2D eigenvalue weighted by molar-refractivity contribution is 8.13. The molecule has 0 aromatic heterocycles. The third-order valence-electron chi connectivity index (χ3n) is 3.07. The Bertz CT molecular complexity index is 420. The number of nitrogens with one attached hydrogen (secondary N) is 1. The fraction of sp³-hybridized carbons (Fsp3) is 0.500. The van der Waals surface area contributed by atoms with Gasteiger partial charge in [0.1, 0.15) is 5.82 Å². The molecule has 1 fully saturated rings. The minimum Gasteiger partial charge on any atom is -0.362 e.